The van der Waals surface area contributed by atoms with Crippen molar-refractivity contribution in [3.8, 4) is 0 Å². The van der Waals surface area contributed by atoms with Crippen LogP contribution in [-0.4, -0.2) is 43.9 Å². The van der Waals surface area contributed by atoms with Crippen LogP contribution in [0.1, 0.15) is 19.5 Å². The number of ketones is 1. The number of nitrogens with two attached hydrogens (primary N) is 1. The Morgan fingerprint density at radius 2 is 2.07 bits per heavy atom. The van der Waals surface area contributed by atoms with Crippen molar-refractivity contribution in [2.24, 2.45) is 5.16 Å². The Balaban J connectivity index is 1.78. The average molecular weight is 437 g/mol. The number of hydrogen-bond donors (Lipinski definition) is 2. The van der Waals surface area contributed by atoms with E-state index in [4.69, 9.17) is 15.7 Å². The van der Waals surface area contributed by atoms with Crippen molar-refractivity contribution >= 4 is 67.2 Å². The maximum absolute atomic E-state index is 12.7. The SMILES string of the molecule is CC(C)(O/N=C(\C(=O)CSc1nc2ccccc2s1)c1csc(N)n1)C(=O)O. The van der Waals surface area contributed by atoms with Gasteiger partial charge in [0.05, 0.1) is 16.0 Å². The number of hydrogen-bond acceptors (Lipinski definition) is 10. The van der Waals surface area contributed by atoms with Crippen molar-refractivity contribution in [2.45, 2.75) is 23.8 Å². The summed E-state index contributed by atoms with van der Waals surface area (Å²) in [6.45, 7) is 2.68. The Bertz CT molecular complexity index is 1020. The van der Waals surface area contributed by atoms with Crippen molar-refractivity contribution in [3.05, 3.63) is 35.3 Å². The van der Waals surface area contributed by atoms with Gasteiger partial charge in [-0.3, -0.25) is 4.79 Å². The molecule has 2 heterocycles. The Labute approximate surface area is 172 Å². The molecule has 3 N–H and O–H groups in total. The number of nitrogen functional groups attached to an aromatic ring is 1. The Kier molecular flexibility index (Phi) is 5.96. The molecule has 0 aliphatic rings. The van der Waals surface area contributed by atoms with Gasteiger partial charge in [-0.25, -0.2) is 14.8 Å². The number of aromatic nitrogens is 2. The van der Waals surface area contributed by atoms with Gasteiger partial charge >= 0.3 is 5.97 Å². The summed E-state index contributed by atoms with van der Waals surface area (Å²) in [5.41, 5.74) is 5.10. The van der Waals surface area contributed by atoms with Crippen LogP contribution in [0.25, 0.3) is 10.2 Å². The minimum Gasteiger partial charge on any atom is -0.478 e. The zero-order valence-electron chi connectivity index (χ0n) is 14.9. The standard InChI is InChI=1S/C17H16N4O4S3/c1-17(2,14(23)24)25-21-13(10-7-26-15(18)19-10)11(22)8-27-16-20-9-5-3-4-6-12(9)28-16/h3-7H,8H2,1-2H3,(H2,18,19)(H,23,24)/b21-13-. The topological polar surface area (TPSA) is 128 Å². The fourth-order valence-corrected chi connectivity index (χ4v) is 4.42. The normalized spacial score (nSPS) is 12.3. The van der Waals surface area contributed by atoms with Crippen molar-refractivity contribution in [1.82, 2.24) is 9.97 Å². The lowest BCUT2D eigenvalue weighted by Gasteiger charge is -2.16. The smallest absolute Gasteiger partial charge is 0.350 e. The molecule has 146 valence electrons. The molecule has 0 aliphatic carbocycles. The second-order valence-corrected chi connectivity index (χ2v) is 9.22. The second-order valence-electron chi connectivity index (χ2n) is 6.08. The van der Waals surface area contributed by atoms with Gasteiger partial charge in [-0.1, -0.05) is 29.1 Å². The third-order valence-electron chi connectivity index (χ3n) is 3.51. The van der Waals surface area contributed by atoms with Crippen LogP contribution < -0.4 is 5.73 Å². The largest absolute Gasteiger partial charge is 0.478 e. The molecule has 28 heavy (non-hydrogen) atoms. The molecule has 0 saturated heterocycles. The molecule has 0 amide bonds. The molecule has 0 unspecified atom stereocenters. The molecule has 0 radical (unpaired) electrons. The fourth-order valence-electron chi connectivity index (χ4n) is 1.94. The molecule has 2 aromatic heterocycles. The second kappa shape index (κ2) is 8.25. The van der Waals surface area contributed by atoms with Gasteiger partial charge in [-0.15, -0.1) is 22.7 Å². The van der Waals surface area contributed by atoms with E-state index in [1.807, 2.05) is 24.3 Å². The van der Waals surface area contributed by atoms with Crippen LogP contribution in [0.4, 0.5) is 5.13 Å². The first-order chi connectivity index (χ1) is 13.3. The number of oxime groups is 1. The van der Waals surface area contributed by atoms with Crippen LogP contribution in [-0.2, 0) is 14.4 Å². The van der Waals surface area contributed by atoms with Crippen LogP contribution in [0.5, 0.6) is 0 Å². The number of benzene rings is 1. The molecule has 0 spiro atoms. The fraction of sp³-hybridized carbons (Fsp3) is 0.235. The van der Waals surface area contributed by atoms with Crippen molar-refractivity contribution in [3.63, 3.8) is 0 Å². The van der Waals surface area contributed by atoms with Crippen LogP contribution in [0.2, 0.25) is 0 Å². The minimum atomic E-state index is -1.59. The number of carboxylic acid groups (broad SMARTS) is 1. The van der Waals surface area contributed by atoms with Crippen LogP contribution in [0.3, 0.4) is 0 Å². The number of rotatable bonds is 8. The van der Waals surface area contributed by atoms with Crippen LogP contribution in [0.15, 0.2) is 39.1 Å². The molecule has 11 heteroatoms. The first-order valence-corrected chi connectivity index (χ1v) is 10.7. The minimum absolute atomic E-state index is 0.0486. The third-order valence-corrected chi connectivity index (χ3v) is 6.36. The summed E-state index contributed by atoms with van der Waals surface area (Å²) in [5.74, 6) is -1.52. The van der Waals surface area contributed by atoms with Gasteiger partial charge in [-0.2, -0.15) is 0 Å². The van der Waals surface area contributed by atoms with E-state index in [1.165, 1.54) is 36.9 Å². The predicted octanol–water partition coefficient (Wildman–Crippen LogP) is 3.28. The number of carboxylic acids is 1. The first kappa shape index (κ1) is 20.2. The number of carbonyl (C=O) groups is 2. The highest BCUT2D eigenvalue weighted by Crippen LogP contribution is 2.29. The summed E-state index contributed by atoms with van der Waals surface area (Å²) in [5, 5.41) is 14.8. The Morgan fingerprint density at radius 1 is 1.32 bits per heavy atom. The number of fused-ring (bicyclic) bond motifs is 1. The summed E-state index contributed by atoms with van der Waals surface area (Å²) in [6, 6.07) is 7.70. The van der Waals surface area contributed by atoms with E-state index in [-0.39, 0.29) is 28.1 Å². The van der Waals surface area contributed by atoms with Crippen LogP contribution in [0, 0.1) is 0 Å². The van der Waals surface area contributed by atoms with Gasteiger partial charge < -0.3 is 15.7 Å². The molecule has 0 aliphatic heterocycles. The lowest BCUT2D eigenvalue weighted by atomic mass is 10.1. The van der Waals surface area contributed by atoms with Crippen molar-refractivity contribution in [2.75, 3.05) is 11.5 Å². The quantitative estimate of drug-likeness (QED) is 0.313. The summed E-state index contributed by atoms with van der Waals surface area (Å²) < 4.78 is 1.78. The average Bonchev–Trinajstić information content (AvgIpc) is 3.25. The van der Waals surface area contributed by atoms with Gasteiger partial charge in [0.2, 0.25) is 5.60 Å². The number of thiazole rings is 2. The van der Waals surface area contributed by atoms with E-state index >= 15 is 0 Å². The number of nitrogens with zero attached hydrogens (tertiary/aromatic N) is 3. The van der Waals surface area contributed by atoms with Gasteiger partial charge in [0.15, 0.2) is 21.0 Å². The number of anilines is 1. The zero-order chi connectivity index (χ0) is 20.3. The summed E-state index contributed by atoms with van der Waals surface area (Å²) >= 11 is 3.91. The third kappa shape index (κ3) is 4.66. The molecular formula is C17H16N4O4S3. The van der Waals surface area contributed by atoms with Crippen molar-refractivity contribution < 1.29 is 19.5 Å². The van der Waals surface area contributed by atoms with E-state index in [1.54, 1.807) is 5.38 Å². The van der Waals surface area contributed by atoms with Crippen LogP contribution >= 0.6 is 34.4 Å². The monoisotopic (exact) mass is 436 g/mol. The molecule has 8 nitrogen and oxygen atoms in total. The van der Waals surface area contributed by atoms with Crippen molar-refractivity contribution in [1.29, 1.82) is 0 Å². The summed E-state index contributed by atoms with van der Waals surface area (Å²) in [7, 11) is 0. The zero-order valence-corrected chi connectivity index (χ0v) is 17.4. The van der Waals surface area contributed by atoms with E-state index in [0.717, 1.165) is 25.9 Å². The molecule has 0 bridgehead atoms. The van der Waals surface area contributed by atoms with Gasteiger partial charge in [0.25, 0.3) is 0 Å². The Hall–Kier alpha value is -2.50. The summed E-state index contributed by atoms with van der Waals surface area (Å²) in [4.78, 5) is 37.6. The highest BCUT2D eigenvalue weighted by atomic mass is 32.2. The highest BCUT2D eigenvalue weighted by Gasteiger charge is 2.31. The number of carbonyl (C=O) groups excluding carboxylic acids is 1. The maximum Gasteiger partial charge on any atom is 0.350 e. The molecule has 0 fully saturated rings. The molecule has 0 saturated carbocycles. The van der Waals surface area contributed by atoms with E-state index in [9.17, 15) is 9.59 Å². The lowest BCUT2D eigenvalue weighted by molar-refractivity contribution is -0.161. The molecule has 0 atom stereocenters. The Morgan fingerprint density at radius 3 is 2.71 bits per heavy atom. The highest BCUT2D eigenvalue weighted by molar-refractivity contribution is 8.01. The number of Topliss-reactive ketones (excluding diaryl/α,β-unsaturated/α-hetero) is 1. The first-order valence-electron chi connectivity index (χ1n) is 7.99. The molecular weight excluding hydrogens is 420 g/mol. The molecule has 1 aromatic carbocycles. The predicted molar refractivity (Wildman–Crippen MR) is 111 cm³/mol. The lowest BCUT2D eigenvalue weighted by Crippen LogP contribution is -2.34. The number of aliphatic carboxylic acids is 1. The number of para-hydroxylation sites is 1. The van der Waals surface area contributed by atoms with E-state index < -0.39 is 11.6 Å². The van der Waals surface area contributed by atoms with E-state index in [2.05, 4.69) is 15.1 Å². The molecule has 3 rings (SSSR count). The van der Waals surface area contributed by atoms with Gasteiger partial charge in [0, 0.05) is 5.38 Å². The van der Waals surface area contributed by atoms with Gasteiger partial charge in [-0.05, 0) is 26.0 Å². The summed E-state index contributed by atoms with van der Waals surface area (Å²) in [6.07, 6.45) is 0. The van der Waals surface area contributed by atoms with Gasteiger partial charge in [0.1, 0.15) is 5.69 Å². The number of thioether (sulfide) groups is 1. The van der Waals surface area contributed by atoms with E-state index in [0.29, 0.717) is 0 Å². The molecule has 3 aromatic rings. The maximum atomic E-state index is 12.7.